The van der Waals surface area contributed by atoms with E-state index in [1.54, 1.807) is 0 Å². The number of benzene rings is 4. The zero-order valence-corrected chi connectivity index (χ0v) is 23.9. The summed E-state index contributed by atoms with van der Waals surface area (Å²) < 4.78 is 0. The largest absolute Gasteiger partial charge is 0.330 e. The van der Waals surface area contributed by atoms with Gasteiger partial charge in [0.05, 0.1) is 0 Å². The summed E-state index contributed by atoms with van der Waals surface area (Å²) >= 11 is 0. The van der Waals surface area contributed by atoms with Gasteiger partial charge in [0.15, 0.2) is 0 Å². The Morgan fingerprint density at radius 1 is 0.615 bits per heavy atom. The maximum absolute atomic E-state index is 6.41. The van der Waals surface area contributed by atoms with Crippen molar-refractivity contribution in [3.63, 3.8) is 0 Å². The van der Waals surface area contributed by atoms with Gasteiger partial charge < -0.3 is 10.6 Å². The third kappa shape index (κ3) is 5.60. The topological polar surface area (TPSA) is 29.3 Å². The monoisotopic (exact) mass is 516 g/mol. The molecule has 0 atom stereocenters. The van der Waals surface area contributed by atoms with Crippen molar-refractivity contribution in [3.05, 3.63) is 143 Å². The number of nitrogens with two attached hydrogens (primary N) is 1. The van der Waals surface area contributed by atoms with E-state index < -0.39 is 0 Å². The molecule has 5 rings (SSSR count). The average molecular weight is 517 g/mol. The van der Waals surface area contributed by atoms with Crippen LogP contribution >= 0.6 is 0 Å². The van der Waals surface area contributed by atoms with E-state index in [0.717, 1.165) is 38.9 Å². The van der Waals surface area contributed by atoms with Crippen molar-refractivity contribution in [3.8, 4) is 0 Å². The summed E-state index contributed by atoms with van der Waals surface area (Å²) in [5.74, 6) is 0. The molecule has 2 N–H and O–H groups in total. The number of hydrogen-bond donors (Lipinski definition) is 1. The van der Waals surface area contributed by atoms with Crippen molar-refractivity contribution >= 4 is 0 Å². The predicted octanol–water partition coefficient (Wildman–Crippen LogP) is 7.70. The Morgan fingerprint density at radius 3 is 1.51 bits per heavy atom. The van der Waals surface area contributed by atoms with Gasteiger partial charge in [0.2, 0.25) is 0 Å². The molecule has 0 amide bonds. The summed E-state index contributed by atoms with van der Waals surface area (Å²) in [6.07, 6.45) is 3.24. The molecule has 0 aromatic heterocycles. The minimum absolute atomic E-state index is 0.0937. The minimum Gasteiger partial charge on any atom is -0.330 e. The van der Waals surface area contributed by atoms with E-state index in [1.165, 1.54) is 27.8 Å². The fourth-order valence-corrected chi connectivity index (χ4v) is 6.57. The first-order valence-corrected chi connectivity index (χ1v) is 14.6. The van der Waals surface area contributed by atoms with E-state index in [-0.39, 0.29) is 16.2 Å². The van der Waals surface area contributed by atoms with Gasteiger partial charge in [0.1, 0.15) is 0 Å². The van der Waals surface area contributed by atoms with Crippen LogP contribution in [-0.4, -0.2) is 31.1 Å². The van der Waals surface area contributed by atoms with Crippen LogP contribution in [0.4, 0.5) is 0 Å². The lowest BCUT2D eigenvalue weighted by Crippen LogP contribution is -2.47. The van der Waals surface area contributed by atoms with Crippen molar-refractivity contribution < 1.29 is 0 Å². The van der Waals surface area contributed by atoms with Crippen molar-refractivity contribution in [2.75, 3.05) is 26.2 Å². The Labute approximate surface area is 235 Å². The number of nitrogens with zero attached hydrogens (tertiary/aromatic N) is 1. The lowest BCUT2D eigenvalue weighted by molar-refractivity contribution is 0.155. The first-order valence-electron chi connectivity index (χ1n) is 14.6. The number of likely N-dealkylation sites (tertiary alicyclic amines) is 1. The third-order valence-electron chi connectivity index (χ3n) is 9.17. The van der Waals surface area contributed by atoms with Crippen molar-refractivity contribution in [2.24, 2.45) is 5.73 Å². The zero-order valence-electron chi connectivity index (χ0n) is 23.9. The summed E-state index contributed by atoms with van der Waals surface area (Å²) in [6, 6.07) is 42.6. The fourth-order valence-electron chi connectivity index (χ4n) is 6.57. The maximum Gasteiger partial charge on any atom is 0.0463 e. The molecule has 4 aromatic rings. The highest BCUT2D eigenvalue weighted by molar-refractivity contribution is 5.51. The fraction of sp³-hybridized carbons (Fsp3) is 0.351. The summed E-state index contributed by atoms with van der Waals surface area (Å²) in [5.41, 5.74) is 13.3. The lowest BCUT2D eigenvalue weighted by atomic mass is 9.66. The quantitative estimate of drug-likeness (QED) is 0.243. The van der Waals surface area contributed by atoms with Gasteiger partial charge in [-0.2, -0.15) is 0 Å². The Hall–Kier alpha value is -3.20. The first kappa shape index (κ1) is 27.4. The van der Waals surface area contributed by atoms with E-state index in [9.17, 15) is 0 Å². The second-order valence-electron chi connectivity index (χ2n) is 12.4. The molecule has 2 heteroatoms. The van der Waals surface area contributed by atoms with Gasteiger partial charge in [0.25, 0.3) is 0 Å². The number of piperidine rings is 1. The van der Waals surface area contributed by atoms with Crippen LogP contribution in [0.2, 0.25) is 0 Å². The van der Waals surface area contributed by atoms with Crippen molar-refractivity contribution in [1.82, 2.24) is 4.90 Å². The van der Waals surface area contributed by atoms with Gasteiger partial charge in [-0.15, -0.1) is 0 Å². The molecule has 4 aromatic carbocycles. The van der Waals surface area contributed by atoms with Crippen molar-refractivity contribution in [1.29, 1.82) is 0 Å². The second-order valence-corrected chi connectivity index (χ2v) is 12.4. The van der Waals surface area contributed by atoms with Crippen LogP contribution in [0.25, 0.3) is 0 Å². The highest BCUT2D eigenvalue weighted by atomic mass is 15.1. The van der Waals surface area contributed by atoms with Crippen LogP contribution in [0.5, 0.6) is 0 Å². The molecule has 39 heavy (non-hydrogen) atoms. The average Bonchev–Trinajstić information content (AvgIpc) is 2.99. The standard InChI is InChI=1S/C37H44N2/c1-35(2,3)30-19-21-34(22-20-30)37(32-15-9-5-10-16-32,33-17-11-6-12-18-33)25-28-39-26-23-36(29-38,24-27-39)31-13-7-4-8-14-31/h4-22H,23-29,38H2,1-3H3. The minimum atomic E-state index is -0.221. The second kappa shape index (κ2) is 11.5. The molecule has 1 aliphatic rings. The predicted molar refractivity (Wildman–Crippen MR) is 165 cm³/mol. The summed E-state index contributed by atoms with van der Waals surface area (Å²) in [4.78, 5) is 2.67. The van der Waals surface area contributed by atoms with E-state index in [1.807, 2.05) is 0 Å². The van der Waals surface area contributed by atoms with Gasteiger partial charge in [-0.25, -0.2) is 0 Å². The first-order chi connectivity index (χ1) is 18.9. The maximum atomic E-state index is 6.41. The Balaban J connectivity index is 1.48. The normalized spacial score (nSPS) is 16.2. The van der Waals surface area contributed by atoms with E-state index in [2.05, 4.69) is 141 Å². The molecular formula is C37H44N2. The molecule has 1 fully saturated rings. The smallest absolute Gasteiger partial charge is 0.0463 e. The van der Waals surface area contributed by atoms with Gasteiger partial charge in [0, 0.05) is 17.4 Å². The van der Waals surface area contributed by atoms with Crippen LogP contribution in [0.15, 0.2) is 115 Å². The molecule has 1 aliphatic heterocycles. The molecule has 0 unspecified atom stereocenters. The molecule has 0 aliphatic carbocycles. The van der Waals surface area contributed by atoms with E-state index in [4.69, 9.17) is 5.73 Å². The molecule has 1 saturated heterocycles. The highest BCUT2D eigenvalue weighted by Crippen LogP contribution is 2.43. The van der Waals surface area contributed by atoms with Crippen LogP contribution in [0.3, 0.4) is 0 Å². The van der Waals surface area contributed by atoms with Gasteiger partial charge >= 0.3 is 0 Å². The van der Waals surface area contributed by atoms with E-state index >= 15 is 0 Å². The number of hydrogen-bond acceptors (Lipinski definition) is 2. The Kier molecular flexibility index (Phi) is 8.07. The summed E-state index contributed by atoms with van der Waals surface area (Å²) in [6.45, 7) is 10.8. The summed E-state index contributed by atoms with van der Waals surface area (Å²) in [7, 11) is 0. The molecule has 1 heterocycles. The number of rotatable bonds is 8. The molecule has 2 nitrogen and oxygen atoms in total. The van der Waals surface area contributed by atoms with Crippen molar-refractivity contribution in [2.45, 2.75) is 56.3 Å². The third-order valence-corrected chi connectivity index (χ3v) is 9.17. The SMILES string of the molecule is CC(C)(C)c1ccc(C(CCN2CCC(CN)(c3ccccc3)CC2)(c2ccccc2)c2ccccc2)cc1. The summed E-state index contributed by atoms with van der Waals surface area (Å²) in [5, 5.41) is 0. The van der Waals surface area contributed by atoms with Crippen LogP contribution in [-0.2, 0) is 16.2 Å². The Bertz CT molecular complexity index is 1260. The van der Waals surface area contributed by atoms with Gasteiger partial charge in [-0.05, 0) is 72.1 Å². The highest BCUT2D eigenvalue weighted by Gasteiger charge is 2.39. The molecule has 0 bridgehead atoms. The van der Waals surface area contributed by atoms with Crippen LogP contribution in [0.1, 0.15) is 67.9 Å². The molecule has 0 saturated carbocycles. The Morgan fingerprint density at radius 2 is 1.05 bits per heavy atom. The van der Waals surface area contributed by atoms with Crippen LogP contribution < -0.4 is 5.73 Å². The lowest BCUT2D eigenvalue weighted by Gasteiger charge is -2.43. The van der Waals surface area contributed by atoms with Gasteiger partial charge in [-0.3, -0.25) is 0 Å². The molecular weight excluding hydrogens is 472 g/mol. The van der Waals surface area contributed by atoms with Crippen LogP contribution in [0, 0.1) is 0 Å². The van der Waals surface area contributed by atoms with Gasteiger partial charge in [-0.1, -0.05) is 136 Å². The zero-order chi connectivity index (χ0) is 27.3. The van der Waals surface area contributed by atoms with E-state index in [0.29, 0.717) is 6.54 Å². The molecule has 202 valence electrons. The molecule has 0 spiro atoms. The molecule has 0 radical (unpaired) electrons.